The fourth-order valence-electron chi connectivity index (χ4n) is 1.27. The lowest BCUT2D eigenvalue weighted by atomic mass is 9.98. The molecule has 5 N–H and O–H groups in total. The maximum absolute atomic E-state index is 9.30. The third-order valence-corrected chi connectivity index (χ3v) is 2.66. The van der Waals surface area contributed by atoms with E-state index in [1.807, 2.05) is 13.8 Å². The van der Waals surface area contributed by atoms with Crippen LogP contribution in [0.4, 0.5) is 11.8 Å². The van der Waals surface area contributed by atoms with Gasteiger partial charge >= 0.3 is 0 Å². The fraction of sp³-hybridized carbons (Fsp3) is 0.600. The number of hydrogen-bond acceptors (Lipinski definition) is 6. The molecule has 0 aromatic carbocycles. The van der Waals surface area contributed by atoms with E-state index in [1.54, 1.807) is 6.20 Å². The molecule has 0 radical (unpaired) electrons. The molecule has 90 valence electrons. The Hall–Kier alpha value is -1.40. The number of aliphatic hydroxyl groups excluding tert-OH is 2. The summed E-state index contributed by atoms with van der Waals surface area (Å²) in [4.78, 5) is 7.88. The van der Waals surface area contributed by atoms with Crippen LogP contribution in [0.1, 0.15) is 18.9 Å². The molecule has 0 spiro atoms. The third-order valence-electron chi connectivity index (χ3n) is 2.66. The van der Waals surface area contributed by atoms with E-state index in [9.17, 15) is 10.2 Å². The number of aryl methyl sites for hydroxylation is 1. The van der Waals surface area contributed by atoms with Gasteiger partial charge in [0.2, 0.25) is 5.95 Å². The van der Waals surface area contributed by atoms with Gasteiger partial charge in [-0.1, -0.05) is 6.92 Å². The quantitative estimate of drug-likeness (QED) is 0.559. The van der Waals surface area contributed by atoms with Gasteiger partial charge in [-0.05, 0) is 13.3 Å². The Morgan fingerprint density at radius 2 is 2.06 bits per heavy atom. The van der Waals surface area contributed by atoms with Crippen molar-refractivity contribution in [2.24, 2.45) is 0 Å². The molecule has 0 saturated heterocycles. The fourth-order valence-corrected chi connectivity index (χ4v) is 1.27. The molecule has 1 aromatic heterocycles. The Balaban J connectivity index is 2.97. The molecule has 0 amide bonds. The zero-order chi connectivity index (χ0) is 12.2. The lowest BCUT2D eigenvalue weighted by Crippen LogP contribution is -2.45. The summed E-state index contributed by atoms with van der Waals surface area (Å²) >= 11 is 0. The van der Waals surface area contributed by atoms with Gasteiger partial charge < -0.3 is 21.3 Å². The number of hydrogen-bond donors (Lipinski definition) is 4. The van der Waals surface area contributed by atoms with Gasteiger partial charge in [-0.25, -0.2) is 4.98 Å². The van der Waals surface area contributed by atoms with Gasteiger partial charge in [-0.15, -0.1) is 0 Å². The Labute approximate surface area is 94.5 Å². The number of nitrogens with zero attached hydrogens (tertiary/aromatic N) is 2. The summed E-state index contributed by atoms with van der Waals surface area (Å²) in [5.41, 5.74) is 5.53. The molecule has 6 nitrogen and oxygen atoms in total. The van der Waals surface area contributed by atoms with Gasteiger partial charge in [0.05, 0.1) is 18.8 Å². The number of rotatable bonds is 5. The first kappa shape index (κ1) is 12.7. The minimum atomic E-state index is -0.772. The molecule has 1 rings (SSSR count). The second-order valence-electron chi connectivity index (χ2n) is 3.83. The van der Waals surface area contributed by atoms with Gasteiger partial charge in [0.15, 0.2) is 0 Å². The molecule has 1 heterocycles. The first-order chi connectivity index (χ1) is 7.56. The van der Waals surface area contributed by atoms with Crippen molar-refractivity contribution in [2.75, 3.05) is 24.3 Å². The maximum Gasteiger partial charge on any atom is 0.221 e. The normalized spacial score (nSPS) is 11.5. The molecule has 0 atom stereocenters. The summed E-state index contributed by atoms with van der Waals surface area (Å²) in [5.74, 6) is 0.700. The molecule has 16 heavy (non-hydrogen) atoms. The van der Waals surface area contributed by atoms with Crippen molar-refractivity contribution in [3.05, 3.63) is 11.8 Å². The summed E-state index contributed by atoms with van der Waals surface area (Å²) < 4.78 is 0. The van der Waals surface area contributed by atoms with Gasteiger partial charge in [0.25, 0.3) is 0 Å². The van der Waals surface area contributed by atoms with Crippen molar-refractivity contribution >= 4 is 11.8 Å². The summed E-state index contributed by atoms with van der Waals surface area (Å²) in [6.07, 6.45) is 2.17. The highest BCUT2D eigenvalue weighted by molar-refractivity contribution is 5.47. The SMILES string of the molecule is CCC(CO)(CO)Nc1nc(N)ncc1C. The molecule has 0 aliphatic carbocycles. The van der Waals surface area contributed by atoms with Crippen molar-refractivity contribution < 1.29 is 10.2 Å². The van der Waals surface area contributed by atoms with Crippen molar-refractivity contribution in [1.29, 1.82) is 0 Å². The van der Waals surface area contributed by atoms with Gasteiger partial charge in [-0.2, -0.15) is 4.98 Å². The second-order valence-corrected chi connectivity index (χ2v) is 3.83. The Morgan fingerprint density at radius 3 is 2.56 bits per heavy atom. The number of nitrogens with two attached hydrogens (primary N) is 1. The van der Waals surface area contributed by atoms with E-state index in [1.165, 1.54) is 0 Å². The van der Waals surface area contributed by atoms with Crippen LogP contribution < -0.4 is 11.1 Å². The van der Waals surface area contributed by atoms with E-state index in [0.717, 1.165) is 5.56 Å². The lowest BCUT2D eigenvalue weighted by Gasteiger charge is -2.30. The van der Waals surface area contributed by atoms with E-state index < -0.39 is 5.54 Å². The van der Waals surface area contributed by atoms with Crippen molar-refractivity contribution in [2.45, 2.75) is 25.8 Å². The van der Waals surface area contributed by atoms with Crippen molar-refractivity contribution in [3.8, 4) is 0 Å². The predicted octanol–water partition coefficient (Wildman–Crippen LogP) is -0.0875. The Kier molecular flexibility index (Phi) is 4.03. The van der Waals surface area contributed by atoms with Crippen LogP contribution in [0.3, 0.4) is 0 Å². The molecule has 0 fully saturated rings. The van der Waals surface area contributed by atoms with Crippen LogP contribution in [0.5, 0.6) is 0 Å². The Morgan fingerprint density at radius 1 is 1.44 bits per heavy atom. The van der Waals surface area contributed by atoms with Crippen molar-refractivity contribution in [1.82, 2.24) is 9.97 Å². The van der Waals surface area contributed by atoms with Crippen LogP contribution in [0.2, 0.25) is 0 Å². The van der Waals surface area contributed by atoms with E-state index in [2.05, 4.69) is 15.3 Å². The topological polar surface area (TPSA) is 104 Å². The molecule has 0 aliphatic rings. The van der Waals surface area contributed by atoms with Crippen LogP contribution in [-0.2, 0) is 0 Å². The number of nitrogen functional groups attached to an aromatic ring is 1. The Bertz CT molecular complexity index is 344. The third kappa shape index (κ3) is 2.59. The number of aromatic nitrogens is 2. The zero-order valence-electron chi connectivity index (χ0n) is 9.56. The molecule has 0 bridgehead atoms. The van der Waals surface area contributed by atoms with Crippen molar-refractivity contribution in [3.63, 3.8) is 0 Å². The average molecular weight is 226 g/mol. The molecule has 1 aromatic rings. The molecule has 6 heteroatoms. The number of anilines is 2. The number of nitrogens with one attached hydrogen (secondary N) is 1. The number of aliphatic hydroxyl groups is 2. The van der Waals surface area contributed by atoms with Gasteiger partial charge in [-0.3, -0.25) is 0 Å². The predicted molar refractivity (Wildman–Crippen MR) is 62.0 cm³/mol. The zero-order valence-corrected chi connectivity index (χ0v) is 9.56. The molecular formula is C10H18N4O2. The summed E-state index contributed by atoms with van der Waals surface area (Å²) in [7, 11) is 0. The summed E-state index contributed by atoms with van der Waals surface area (Å²) in [6.45, 7) is 3.35. The minimum absolute atomic E-state index is 0.161. The summed E-state index contributed by atoms with van der Waals surface area (Å²) in [6, 6.07) is 0. The highest BCUT2D eigenvalue weighted by atomic mass is 16.3. The van der Waals surface area contributed by atoms with E-state index in [-0.39, 0.29) is 19.2 Å². The average Bonchev–Trinajstić information content (AvgIpc) is 2.31. The first-order valence-electron chi connectivity index (χ1n) is 5.16. The summed E-state index contributed by atoms with van der Waals surface area (Å²) in [5, 5.41) is 21.6. The van der Waals surface area contributed by atoms with Crippen LogP contribution in [0.25, 0.3) is 0 Å². The highest BCUT2D eigenvalue weighted by Crippen LogP contribution is 2.19. The lowest BCUT2D eigenvalue weighted by molar-refractivity contribution is 0.132. The second kappa shape index (κ2) is 5.09. The first-order valence-corrected chi connectivity index (χ1v) is 5.16. The van der Waals surface area contributed by atoms with Crippen LogP contribution in [0, 0.1) is 6.92 Å². The smallest absolute Gasteiger partial charge is 0.221 e. The van der Waals surface area contributed by atoms with Gasteiger partial charge in [0, 0.05) is 11.8 Å². The van der Waals surface area contributed by atoms with Crippen LogP contribution in [-0.4, -0.2) is 38.9 Å². The van der Waals surface area contributed by atoms with E-state index >= 15 is 0 Å². The van der Waals surface area contributed by atoms with E-state index in [0.29, 0.717) is 12.2 Å². The van der Waals surface area contributed by atoms with Crippen LogP contribution in [0.15, 0.2) is 6.20 Å². The largest absolute Gasteiger partial charge is 0.394 e. The highest BCUT2D eigenvalue weighted by Gasteiger charge is 2.27. The molecule has 0 saturated carbocycles. The molecular weight excluding hydrogens is 208 g/mol. The minimum Gasteiger partial charge on any atom is -0.394 e. The van der Waals surface area contributed by atoms with Gasteiger partial charge in [0.1, 0.15) is 5.82 Å². The molecule has 0 aliphatic heterocycles. The monoisotopic (exact) mass is 226 g/mol. The standard InChI is InChI=1S/C10H18N4O2/c1-3-10(5-15,6-16)14-8-7(2)4-12-9(11)13-8/h4,15-16H,3,5-6H2,1-2H3,(H3,11,12,13,14). The molecule has 0 unspecified atom stereocenters. The maximum atomic E-state index is 9.30. The van der Waals surface area contributed by atoms with E-state index in [4.69, 9.17) is 5.73 Å². The van der Waals surface area contributed by atoms with Crippen LogP contribution >= 0.6 is 0 Å².